The molecule has 74 valence electrons. The standard InChI is InChI=1S/C8H9N3O3/c12-5-6-3-9-11-2-1-10(8(13)14)4-7(6)11/h3,5H,1-2,4H2,(H,13,14). The fourth-order valence-electron chi connectivity index (χ4n) is 1.53. The van der Waals surface area contributed by atoms with Crippen LogP contribution in [0.15, 0.2) is 6.20 Å². The van der Waals surface area contributed by atoms with Crippen LogP contribution in [-0.2, 0) is 13.1 Å². The Hall–Kier alpha value is -1.85. The maximum absolute atomic E-state index is 10.7. The molecule has 0 saturated carbocycles. The van der Waals surface area contributed by atoms with Crippen LogP contribution in [0.4, 0.5) is 4.79 Å². The van der Waals surface area contributed by atoms with Crippen LogP contribution >= 0.6 is 0 Å². The predicted octanol–water partition coefficient (Wildman–Crippen LogP) is 0.189. The van der Waals surface area contributed by atoms with Crippen LogP contribution in [0.5, 0.6) is 0 Å². The molecule has 0 bridgehead atoms. The van der Waals surface area contributed by atoms with Gasteiger partial charge in [-0.1, -0.05) is 0 Å². The van der Waals surface area contributed by atoms with Crippen molar-refractivity contribution in [1.82, 2.24) is 14.7 Å². The summed E-state index contributed by atoms with van der Waals surface area (Å²) < 4.78 is 1.67. The fourth-order valence-corrected chi connectivity index (χ4v) is 1.53. The molecule has 0 unspecified atom stereocenters. The highest BCUT2D eigenvalue weighted by atomic mass is 16.4. The third-order valence-corrected chi connectivity index (χ3v) is 2.30. The lowest BCUT2D eigenvalue weighted by Gasteiger charge is -2.25. The first-order valence-electron chi connectivity index (χ1n) is 4.20. The van der Waals surface area contributed by atoms with Gasteiger partial charge in [-0.15, -0.1) is 0 Å². The molecular formula is C8H9N3O3. The van der Waals surface area contributed by atoms with E-state index in [1.807, 2.05) is 0 Å². The quantitative estimate of drug-likeness (QED) is 0.649. The van der Waals surface area contributed by atoms with Gasteiger partial charge in [0.15, 0.2) is 6.29 Å². The van der Waals surface area contributed by atoms with E-state index < -0.39 is 6.09 Å². The Morgan fingerprint density at radius 3 is 3.00 bits per heavy atom. The molecular weight excluding hydrogens is 186 g/mol. The maximum atomic E-state index is 10.7. The van der Waals surface area contributed by atoms with Crippen molar-refractivity contribution in [2.75, 3.05) is 6.54 Å². The Morgan fingerprint density at radius 1 is 1.57 bits per heavy atom. The van der Waals surface area contributed by atoms with Crippen LogP contribution in [-0.4, -0.2) is 38.7 Å². The number of hydrogen-bond donors (Lipinski definition) is 1. The van der Waals surface area contributed by atoms with Crippen molar-refractivity contribution in [3.8, 4) is 0 Å². The van der Waals surface area contributed by atoms with Gasteiger partial charge < -0.3 is 10.0 Å². The van der Waals surface area contributed by atoms with Gasteiger partial charge in [0.2, 0.25) is 0 Å². The summed E-state index contributed by atoms with van der Waals surface area (Å²) in [6.07, 6.45) is 1.20. The van der Waals surface area contributed by atoms with Crippen LogP contribution in [0.1, 0.15) is 16.1 Å². The largest absolute Gasteiger partial charge is 0.465 e. The first-order chi connectivity index (χ1) is 6.72. The van der Waals surface area contributed by atoms with E-state index in [1.54, 1.807) is 4.68 Å². The van der Waals surface area contributed by atoms with Crippen LogP contribution in [0.3, 0.4) is 0 Å². The topological polar surface area (TPSA) is 75.4 Å². The molecule has 0 spiro atoms. The Morgan fingerprint density at radius 2 is 2.36 bits per heavy atom. The lowest BCUT2D eigenvalue weighted by Crippen LogP contribution is -2.37. The number of fused-ring (bicyclic) bond motifs is 1. The number of aromatic nitrogens is 2. The molecule has 1 amide bonds. The predicted molar refractivity (Wildman–Crippen MR) is 46.0 cm³/mol. The molecule has 1 aromatic rings. The normalized spacial score (nSPS) is 15.0. The number of rotatable bonds is 1. The second-order valence-corrected chi connectivity index (χ2v) is 3.09. The molecule has 0 aliphatic carbocycles. The third-order valence-electron chi connectivity index (χ3n) is 2.30. The number of aldehydes is 1. The minimum absolute atomic E-state index is 0.239. The zero-order valence-electron chi connectivity index (χ0n) is 7.38. The molecule has 0 radical (unpaired) electrons. The molecule has 2 heterocycles. The average molecular weight is 195 g/mol. The minimum atomic E-state index is -0.964. The molecule has 1 aliphatic heterocycles. The Labute approximate surface area is 79.7 Å². The van der Waals surface area contributed by atoms with Crippen molar-refractivity contribution in [3.63, 3.8) is 0 Å². The van der Waals surface area contributed by atoms with E-state index in [1.165, 1.54) is 11.1 Å². The minimum Gasteiger partial charge on any atom is -0.465 e. The molecule has 2 rings (SSSR count). The van der Waals surface area contributed by atoms with Gasteiger partial charge >= 0.3 is 6.09 Å². The summed E-state index contributed by atoms with van der Waals surface area (Å²) in [7, 11) is 0. The number of carboxylic acid groups (broad SMARTS) is 1. The summed E-state index contributed by atoms with van der Waals surface area (Å²) in [5.41, 5.74) is 1.14. The number of nitrogens with zero attached hydrogens (tertiary/aromatic N) is 3. The maximum Gasteiger partial charge on any atom is 0.407 e. The zero-order chi connectivity index (χ0) is 10.1. The van der Waals surface area contributed by atoms with Gasteiger partial charge in [-0.3, -0.25) is 9.48 Å². The SMILES string of the molecule is O=Cc1cnn2c1CN(C(=O)O)CC2. The van der Waals surface area contributed by atoms with Gasteiger partial charge in [0, 0.05) is 6.54 Å². The fraction of sp³-hybridized carbons (Fsp3) is 0.375. The van der Waals surface area contributed by atoms with Crippen molar-refractivity contribution in [2.24, 2.45) is 0 Å². The van der Waals surface area contributed by atoms with Crippen molar-refractivity contribution < 1.29 is 14.7 Å². The monoisotopic (exact) mass is 195 g/mol. The van der Waals surface area contributed by atoms with Gasteiger partial charge in [-0.05, 0) is 0 Å². The van der Waals surface area contributed by atoms with Crippen LogP contribution in [0, 0.1) is 0 Å². The molecule has 0 aromatic carbocycles. The Bertz CT molecular complexity index is 385. The van der Waals surface area contributed by atoms with E-state index in [2.05, 4.69) is 5.10 Å². The molecule has 6 heteroatoms. The Balaban J connectivity index is 2.31. The second-order valence-electron chi connectivity index (χ2n) is 3.09. The molecule has 0 saturated heterocycles. The number of carbonyl (C=O) groups excluding carboxylic acids is 1. The lowest BCUT2D eigenvalue weighted by molar-refractivity contribution is 0.111. The summed E-state index contributed by atoms with van der Waals surface area (Å²) in [4.78, 5) is 22.6. The van der Waals surface area contributed by atoms with Crippen LogP contribution in [0.25, 0.3) is 0 Å². The van der Waals surface area contributed by atoms with Gasteiger partial charge in [-0.2, -0.15) is 5.10 Å². The lowest BCUT2D eigenvalue weighted by atomic mass is 10.2. The van der Waals surface area contributed by atoms with E-state index in [4.69, 9.17) is 5.11 Å². The Kier molecular flexibility index (Phi) is 1.95. The highest BCUT2D eigenvalue weighted by Crippen LogP contribution is 2.14. The van der Waals surface area contributed by atoms with E-state index >= 15 is 0 Å². The summed E-state index contributed by atoms with van der Waals surface area (Å²) in [6.45, 7) is 1.17. The van der Waals surface area contributed by atoms with Crippen LogP contribution < -0.4 is 0 Å². The highest BCUT2D eigenvalue weighted by molar-refractivity contribution is 5.76. The van der Waals surface area contributed by atoms with E-state index in [-0.39, 0.29) is 6.54 Å². The molecule has 14 heavy (non-hydrogen) atoms. The van der Waals surface area contributed by atoms with E-state index in [0.29, 0.717) is 30.6 Å². The molecule has 1 aliphatic rings. The van der Waals surface area contributed by atoms with Crippen molar-refractivity contribution in [3.05, 3.63) is 17.5 Å². The van der Waals surface area contributed by atoms with Crippen molar-refractivity contribution >= 4 is 12.4 Å². The smallest absolute Gasteiger partial charge is 0.407 e. The molecule has 1 aromatic heterocycles. The first kappa shape index (κ1) is 8.74. The second kappa shape index (κ2) is 3.13. The molecule has 1 N–H and O–H groups in total. The third kappa shape index (κ3) is 1.24. The van der Waals surface area contributed by atoms with Gasteiger partial charge in [0.05, 0.1) is 30.5 Å². The number of amides is 1. The first-order valence-corrected chi connectivity index (χ1v) is 4.20. The van der Waals surface area contributed by atoms with Crippen LogP contribution in [0.2, 0.25) is 0 Å². The zero-order valence-corrected chi connectivity index (χ0v) is 7.38. The van der Waals surface area contributed by atoms with Crippen molar-refractivity contribution in [1.29, 1.82) is 0 Å². The molecule has 6 nitrogen and oxygen atoms in total. The molecule has 0 fully saturated rings. The summed E-state index contributed by atoms with van der Waals surface area (Å²) in [6, 6.07) is 0. The average Bonchev–Trinajstić information content (AvgIpc) is 2.59. The summed E-state index contributed by atoms with van der Waals surface area (Å²) in [5.74, 6) is 0. The number of hydrogen-bond acceptors (Lipinski definition) is 3. The summed E-state index contributed by atoms with van der Waals surface area (Å²) >= 11 is 0. The highest BCUT2D eigenvalue weighted by Gasteiger charge is 2.22. The molecule has 0 atom stereocenters. The van der Waals surface area contributed by atoms with Gasteiger partial charge in [0.1, 0.15) is 0 Å². The van der Waals surface area contributed by atoms with Gasteiger partial charge in [0.25, 0.3) is 0 Å². The van der Waals surface area contributed by atoms with E-state index in [9.17, 15) is 9.59 Å². The number of carbonyl (C=O) groups is 2. The van der Waals surface area contributed by atoms with Gasteiger partial charge in [-0.25, -0.2) is 4.79 Å². The summed E-state index contributed by atoms with van der Waals surface area (Å²) in [5, 5.41) is 12.8. The van der Waals surface area contributed by atoms with E-state index in [0.717, 1.165) is 0 Å². The van der Waals surface area contributed by atoms with Crippen molar-refractivity contribution in [2.45, 2.75) is 13.1 Å².